The van der Waals surface area contributed by atoms with Crippen LogP contribution in [-0.2, 0) is 4.79 Å². The zero-order valence-corrected chi connectivity index (χ0v) is 16.1. The summed E-state index contributed by atoms with van der Waals surface area (Å²) in [6.45, 7) is 1.10. The average molecular weight is 396 g/mol. The summed E-state index contributed by atoms with van der Waals surface area (Å²) in [5.41, 5.74) is 1.52. The number of carbonyl (C=O) groups is 3. The Morgan fingerprint density at radius 1 is 0.931 bits per heavy atom. The van der Waals surface area contributed by atoms with Gasteiger partial charge in [0.1, 0.15) is 5.75 Å². The van der Waals surface area contributed by atoms with E-state index in [0.29, 0.717) is 22.6 Å². The molecule has 2 aromatic carbocycles. The van der Waals surface area contributed by atoms with Crippen molar-refractivity contribution >= 4 is 23.5 Å². The molecule has 29 heavy (non-hydrogen) atoms. The number of amides is 2. The van der Waals surface area contributed by atoms with Crippen LogP contribution in [0.25, 0.3) is 0 Å². The van der Waals surface area contributed by atoms with Crippen LogP contribution in [0.15, 0.2) is 48.5 Å². The molecule has 0 aromatic heterocycles. The molecule has 1 aliphatic heterocycles. The first-order valence-corrected chi connectivity index (χ1v) is 9.68. The third kappa shape index (κ3) is 5.81. The van der Waals surface area contributed by atoms with Crippen LogP contribution in [0, 0.1) is 0 Å². The molecule has 2 aromatic rings. The maximum atomic E-state index is 12.6. The monoisotopic (exact) mass is 396 g/mol. The molecule has 7 nitrogen and oxygen atoms in total. The molecular formula is C22H24N2O5. The number of carbonyl (C=O) groups excluding carboxylic acids is 2. The predicted molar refractivity (Wildman–Crippen MR) is 108 cm³/mol. The highest BCUT2D eigenvalue weighted by Crippen LogP contribution is 2.18. The first kappa shape index (κ1) is 20.4. The van der Waals surface area contributed by atoms with E-state index in [9.17, 15) is 14.4 Å². The van der Waals surface area contributed by atoms with Crippen LogP contribution < -0.4 is 10.1 Å². The summed E-state index contributed by atoms with van der Waals surface area (Å²) < 4.78 is 5.10. The number of aliphatic carboxylic acids is 1. The minimum Gasteiger partial charge on any atom is -0.482 e. The molecule has 1 fully saturated rings. The quantitative estimate of drug-likeness (QED) is 0.780. The minimum absolute atomic E-state index is 0.0213. The average Bonchev–Trinajstić information content (AvgIpc) is 3.02. The summed E-state index contributed by atoms with van der Waals surface area (Å²) in [6.07, 6.45) is 4.40. The highest BCUT2D eigenvalue weighted by atomic mass is 16.5. The van der Waals surface area contributed by atoms with E-state index in [1.807, 2.05) is 4.90 Å². The summed E-state index contributed by atoms with van der Waals surface area (Å²) >= 11 is 0. The third-order valence-electron chi connectivity index (χ3n) is 4.74. The molecule has 0 bridgehead atoms. The molecule has 0 aliphatic carbocycles. The lowest BCUT2D eigenvalue weighted by Gasteiger charge is -2.20. The summed E-state index contributed by atoms with van der Waals surface area (Å²) in [4.78, 5) is 37.6. The molecule has 3 rings (SSSR count). The minimum atomic E-state index is -1.09. The fraction of sp³-hybridized carbons (Fsp3) is 0.318. The van der Waals surface area contributed by atoms with Crippen LogP contribution in [0.2, 0.25) is 0 Å². The lowest BCUT2D eigenvalue weighted by Crippen LogP contribution is -2.31. The molecule has 0 spiro atoms. The van der Waals surface area contributed by atoms with Crippen molar-refractivity contribution in [1.29, 1.82) is 0 Å². The number of likely N-dealkylation sites (tertiary alicyclic amines) is 1. The Morgan fingerprint density at radius 3 is 2.28 bits per heavy atom. The number of nitrogens with one attached hydrogen (secondary N) is 1. The Kier molecular flexibility index (Phi) is 6.84. The van der Waals surface area contributed by atoms with Crippen molar-refractivity contribution in [3.8, 4) is 5.75 Å². The fourth-order valence-electron chi connectivity index (χ4n) is 3.23. The second-order valence-corrected chi connectivity index (χ2v) is 6.95. The van der Waals surface area contributed by atoms with Gasteiger partial charge in [0.25, 0.3) is 11.8 Å². The van der Waals surface area contributed by atoms with Gasteiger partial charge in [0.05, 0.1) is 0 Å². The van der Waals surface area contributed by atoms with Crippen LogP contribution >= 0.6 is 0 Å². The van der Waals surface area contributed by atoms with Gasteiger partial charge in [-0.25, -0.2) is 4.79 Å². The fourth-order valence-corrected chi connectivity index (χ4v) is 3.23. The van der Waals surface area contributed by atoms with Gasteiger partial charge in [-0.05, 0) is 55.3 Å². The van der Waals surface area contributed by atoms with Crippen molar-refractivity contribution in [2.24, 2.45) is 0 Å². The molecule has 0 saturated carbocycles. The number of hydrogen-bond acceptors (Lipinski definition) is 4. The topological polar surface area (TPSA) is 95.9 Å². The molecule has 1 aliphatic rings. The Bertz CT molecular complexity index is 871. The highest BCUT2D eigenvalue weighted by Gasteiger charge is 2.17. The Balaban J connectivity index is 1.62. The molecule has 0 unspecified atom stereocenters. The van der Waals surface area contributed by atoms with Gasteiger partial charge in [-0.15, -0.1) is 0 Å². The van der Waals surface area contributed by atoms with Gasteiger partial charge in [0, 0.05) is 29.9 Å². The van der Waals surface area contributed by atoms with E-state index in [0.717, 1.165) is 38.8 Å². The molecule has 2 N–H and O–H groups in total. The number of carboxylic acid groups (broad SMARTS) is 1. The van der Waals surface area contributed by atoms with Gasteiger partial charge in [0.15, 0.2) is 6.61 Å². The van der Waals surface area contributed by atoms with Crippen LogP contribution in [0.3, 0.4) is 0 Å². The maximum absolute atomic E-state index is 12.6. The highest BCUT2D eigenvalue weighted by molar-refractivity contribution is 6.04. The normalized spacial score (nSPS) is 14.0. The third-order valence-corrected chi connectivity index (χ3v) is 4.74. The van der Waals surface area contributed by atoms with Crippen molar-refractivity contribution in [1.82, 2.24) is 4.90 Å². The second-order valence-electron chi connectivity index (χ2n) is 6.95. The molecule has 0 radical (unpaired) electrons. The van der Waals surface area contributed by atoms with Crippen LogP contribution in [0.4, 0.5) is 5.69 Å². The number of rotatable bonds is 6. The maximum Gasteiger partial charge on any atom is 0.341 e. The van der Waals surface area contributed by atoms with E-state index in [-0.39, 0.29) is 11.8 Å². The number of hydrogen-bond donors (Lipinski definition) is 2. The second kappa shape index (κ2) is 9.73. The van der Waals surface area contributed by atoms with Gasteiger partial charge in [-0.2, -0.15) is 0 Å². The largest absolute Gasteiger partial charge is 0.482 e. The van der Waals surface area contributed by atoms with Crippen molar-refractivity contribution in [3.05, 3.63) is 59.7 Å². The van der Waals surface area contributed by atoms with Crippen molar-refractivity contribution < 1.29 is 24.2 Å². The Morgan fingerprint density at radius 2 is 1.62 bits per heavy atom. The number of benzene rings is 2. The van der Waals surface area contributed by atoms with Gasteiger partial charge in [-0.3, -0.25) is 9.59 Å². The smallest absolute Gasteiger partial charge is 0.341 e. The van der Waals surface area contributed by atoms with Gasteiger partial charge < -0.3 is 20.1 Å². The standard InChI is InChI=1S/C22H24N2O5/c25-20(26)15-29-19-7-5-6-17(14-19)21(27)23-18-10-8-16(9-11-18)22(28)24-12-3-1-2-4-13-24/h5-11,14H,1-4,12-13,15H2,(H,23,27)(H,25,26). The summed E-state index contributed by atoms with van der Waals surface area (Å²) in [5, 5.41) is 11.4. The van der Waals surface area contributed by atoms with E-state index < -0.39 is 12.6 Å². The van der Waals surface area contributed by atoms with Crippen molar-refractivity contribution in [2.45, 2.75) is 25.7 Å². The molecule has 152 valence electrons. The first-order valence-electron chi connectivity index (χ1n) is 9.68. The van der Waals surface area contributed by atoms with E-state index in [1.165, 1.54) is 6.07 Å². The van der Waals surface area contributed by atoms with Crippen molar-refractivity contribution in [3.63, 3.8) is 0 Å². The van der Waals surface area contributed by atoms with Gasteiger partial charge in [0.2, 0.25) is 0 Å². The van der Waals surface area contributed by atoms with E-state index in [1.54, 1.807) is 42.5 Å². The molecule has 2 amide bonds. The van der Waals surface area contributed by atoms with Crippen LogP contribution in [0.5, 0.6) is 5.75 Å². The van der Waals surface area contributed by atoms with Crippen LogP contribution in [-0.4, -0.2) is 47.5 Å². The molecule has 0 atom stereocenters. The SMILES string of the molecule is O=C(O)COc1cccc(C(=O)Nc2ccc(C(=O)N3CCCCCC3)cc2)c1. The van der Waals surface area contributed by atoms with Crippen LogP contribution in [0.1, 0.15) is 46.4 Å². The number of anilines is 1. The number of ether oxygens (including phenoxy) is 1. The number of nitrogens with zero attached hydrogens (tertiary/aromatic N) is 1. The molecule has 1 saturated heterocycles. The zero-order chi connectivity index (χ0) is 20.6. The molecular weight excluding hydrogens is 372 g/mol. The lowest BCUT2D eigenvalue weighted by atomic mass is 10.1. The zero-order valence-electron chi connectivity index (χ0n) is 16.1. The summed E-state index contributed by atoms with van der Waals surface area (Å²) in [5.74, 6) is -1.11. The first-order chi connectivity index (χ1) is 14.0. The molecule has 7 heteroatoms. The van der Waals surface area contributed by atoms with Crippen molar-refractivity contribution in [2.75, 3.05) is 25.0 Å². The van der Waals surface area contributed by atoms with E-state index in [4.69, 9.17) is 9.84 Å². The van der Waals surface area contributed by atoms with Gasteiger partial charge >= 0.3 is 5.97 Å². The van der Waals surface area contributed by atoms with Gasteiger partial charge in [-0.1, -0.05) is 18.9 Å². The summed E-state index contributed by atoms with van der Waals surface area (Å²) in [7, 11) is 0. The van der Waals surface area contributed by atoms with E-state index in [2.05, 4.69) is 5.32 Å². The molecule has 1 heterocycles. The predicted octanol–water partition coefficient (Wildman–Crippen LogP) is 3.42. The number of carboxylic acids is 1. The Hall–Kier alpha value is -3.35. The lowest BCUT2D eigenvalue weighted by molar-refractivity contribution is -0.139. The Labute approximate surface area is 169 Å². The summed E-state index contributed by atoms with van der Waals surface area (Å²) in [6, 6.07) is 13.1. The van der Waals surface area contributed by atoms with E-state index >= 15 is 0 Å².